The van der Waals surface area contributed by atoms with Gasteiger partial charge in [-0.15, -0.1) is 0 Å². The van der Waals surface area contributed by atoms with E-state index in [1.807, 2.05) is 0 Å². The third-order valence-corrected chi connectivity index (χ3v) is 6.14. The molecule has 0 aromatic heterocycles. The zero-order valence-corrected chi connectivity index (χ0v) is 9.72. The smallest absolute Gasteiger partial charge is 0.0361 e. The lowest BCUT2D eigenvalue weighted by atomic mass is 9.66. The van der Waals surface area contributed by atoms with Crippen molar-refractivity contribution in [2.45, 2.75) is 43.0 Å². The third kappa shape index (κ3) is 1.06. The van der Waals surface area contributed by atoms with Gasteiger partial charge in [0.1, 0.15) is 0 Å². The SMILES string of the molecule is CC1CCC1(CN)N1CC2CC1CS2. The van der Waals surface area contributed by atoms with Crippen LogP contribution in [0.15, 0.2) is 0 Å². The molecule has 1 saturated carbocycles. The van der Waals surface area contributed by atoms with E-state index in [4.69, 9.17) is 5.73 Å². The Labute approximate surface area is 90.6 Å². The fourth-order valence-corrected chi connectivity index (χ4v) is 4.99. The molecule has 2 saturated heterocycles. The lowest BCUT2D eigenvalue weighted by Crippen LogP contribution is -2.65. The molecule has 2 nitrogen and oxygen atoms in total. The average molecular weight is 212 g/mol. The van der Waals surface area contributed by atoms with Crippen LogP contribution in [0.25, 0.3) is 0 Å². The summed E-state index contributed by atoms with van der Waals surface area (Å²) in [5.41, 5.74) is 6.43. The molecular weight excluding hydrogens is 192 g/mol. The molecule has 2 heterocycles. The highest BCUT2D eigenvalue weighted by molar-refractivity contribution is 8.00. The lowest BCUT2D eigenvalue weighted by molar-refractivity contribution is -0.0340. The second kappa shape index (κ2) is 3.13. The van der Waals surface area contributed by atoms with E-state index in [2.05, 4.69) is 23.6 Å². The van der Waals surface area contributed by atoms with Crippen molar-refractivity contribution in [2.75, 3.05) is 18.8 Å². The fraction of sp³-hybridized carbons (Fsp3) is 1.00. The molecule has 14 heavy (non-hydrogen) atoms. The summed E-state index contributed by atoms with van der Waals surface area (Å²) in [6.45, 7) is 4.58. The van der Waals surface area contributed by atoms with E-state index in [9.17, 15) is 0 Å². The normalized spacial score (nSPS) is 52.3. The second-order valence-corrected chi connectivity index (χ2v) is 6.58. The first-order chi connectivity index (χ1) is 6.76. The van der Waals surface area contributed by atoms with Gasteiger partial charge in [0.25, 0.3) is 0 Å². The van der Waals surface area contributed by atoms with Crippen LogP contribution < -0.4 is 5.73 Å². The number of hydrogen-bond acceptors (Lipinski definition) is 3. The van der Waals surface area contributed by atoms with E-state index in [0.29, 0.717) is 5.54 Å². The first-order valence-corrected chi connectivity index (χ1v) is 6.89. The summed E-state index contributed by atoms with van der Waals surface area (Å²) in [7, 11) is 0. The van der Waals surface area contributed by atoms with Gasteiger partial charge < -0.3 is 5.73 Å². The first-order valence-electron chi connectivity index (χ1n) is 5.85. The minimum absolute atomic E-state index is 0.403. The molecule has 3 fully saturated rings. The maximum absolute atomic E-state index is 6.02. The highest BCUT2D eigenvalue weighted by Crippen LogP contribution is 2.49. The van der Waals surface area contributed by atoms with Gasteiger partial charge in [0.2, 0.25) is 0 Å². The van der Waals surface area contributed by atoms with E-state index < -0.39 is 0 Å². The van der Waals surface area contributed by atoms with Gasteiger partial charge in [-0.05, 0) is 25.2 Å². The van der Waals surface area contributed by atoms with Crippen molar-refractivity contribution in [3.63, 3.8) is 0 Å². The molecule has 2 aliphatic heterocycles. The molecule has 3 rings (SSSR count). The van der Waals surface area contributed by atoms with Crippen molar-refractivity contribution >= 4 is 11.8 Å². The van der Waals surface area contributed by atoms with Gasteiger partial charge in [0, 0.05) is 35.7 Å². The van der Waals surface area contributed by atoms with Crippen molar-refractivity contribution in [3.05, 3.63) is 0 Å². The summed E-state index contributed by atoms with van der Waals surface area (Å²) in [5, 5.41) is 0.927. The maximum atomic E-state index is 6.02. The number of likely N-dealkylation sites (tertiary alicyclic amines) is 1. The predicted molar refractivity (Wildman–Crippen MR) is 61.5 cm³/mol. The number of thioether (sulfide) groups is 1. The molecule has 0 radical (unpaired) electrons. The van der Waals surface area contributed by atoms with Crippen LogP contribution in [0.1, 0.15) is 26.2 Å². The zero-order chi connectivity index (χ0) is 9.76. The molecular formula is C11H20N2S. The Morgan fingerprint density at radius 1 is 1.57 bits per heavy atom. The first kappa shape index (κ1) is 9.49. The Balaban J connectivity index is 1.81. The number of fused-ring (bicyclic) bond motifs is 2. The van der Waals surface area contributed by atoms with E-state index in [0.717, 1.165) is 23.8 Å². The molecule has 4 atom stereocenters. The van der Waals surface area contributed by atoms with Gasteiger partial charge in [0.15, 0.2) is 0 Å². The molecule has 1 aliphatic carbocycles. The summed E-state index contributed by atoms with van der Waals surface area (Å²) in [6, 6.07) is 0.858. The highest BCUT2D eigenvalue weighted by atomic mass is 32.2. The minimum atomic E-state index is 0.403. The Morgan fingerprint density at radius 2 is 2.43 bits per heavy atom. The standard InChI is InChI=1S/C11H20N2S/c1-8-2-3-11(8,7-12)13-5-10-4-9(13)6-14-10/h8-10H,2-7,12H2,1H3. The Morgan fingerprint density at radius 3 is 2.79 bits per heavy atom. The summed E-state index contributed by atoms with van der Waals surface area (Å²) in [4.78, 5) is 2.77. The monoisotopic (exact) mass is 212 g/mol. The van der Waals surface area contributed by atoms with Gasteiger partial charge in [0.05, 0.1) is 0 Å². The quantitative estimate of drug-likeness (QED) is 0.748. The van der Waals surface area contributed by atoms with Gasteiger partial charge in [-0.2, -0.15) is 11.8 Å². The molecule has 3 heteroatoms. The van der Waals surface area contributed by atoms with Crippen molar-refractivity contribution < 1.29 is 0 Å². The maximum Gasteiger partial charge on any atom is 0.0361 e. The number of hydrogen-bond donors (Lipinski definition) is 1. The van der Waals surface area contributed by atoms with E-state index in [1.165, 1.54) is 31.6 Å². The van der Waals surface area contributed by atoms with E-state index in [-0.39, 0.29) is 0 Å². The molecule has 0 spiro atoms. The summed E-state index contributed by atoms with van der Waals surface area (Å²) >= 11 is 2.18. The topological polar surface area (TPSA) is 29.3 Å². The van der Waals surface area contributed by atoms with Crippen LogP contribution in [0.4, 0.5) is 0 Å². The third-order valence-electron chi connectivity index (χ3n) is 4.75. The van der Waals surface area contributed by atoms with Crippen LogP contribution in [-0.4, -0.2) is 40.6 Å². The average Bonchev–Trinajstić information content (AvgIpc) is 2.79. The van der Waals surface area contributed by atoms with Crippen LogP contribution in [-0.2, 0) is 0 Å². The lowest BCUT2D eigenvalue weighted by Gasteiger charge is -2.56. The zero-order valence-electron chi connectivity index (χ0n) is 8.91. The molecule has 0 amide bonds. The predicted octanol–water partition coefficient (Wildman–Crippen LogP) is 1.30. The molecule has 80 valence electrons. The van der Waals surface area contributed by atoms with Crippen molar-refractivity contribution in [3.8, 4) is 0 Å². The molecule has 3 aliphatic rings. The Hall–Kier alpha value is 0.270. The van der Waals surface area contributed by atoms with Crippen LogP contribution in [0.5, 0.6) is 0 Å². The van der Waals surface area contributed by atoms with Crippen molar-refractivity contribution in [1.82, 2.24) is 4.90 Å². The van der Waals surface area contributed by atoms with Crippen LogP contribution in [0, 0.1) is 5.92 Å². The Kier molecular flexibility index (Phi) is 2.12. The summed E-state index contributed by atoms with van der Waals surface area (Å²) in [5.74, 6) is 2.19. The van der Waals surface area contributed by atoms with Gasteiger partial charge in [-0.3, -0.25) is 4.90 Å². The second-order valence-electron chi connectivity index (χ2n) is 5.24. The highest BCUT2D eigenvalue weighted by Gasteiger charge is 2.54. The van der Waals surface area contributed by atoms with Gasteiger partial charge >= 0.3 is 0 Å². The van der Waals surface area contributed by atoms with Gasteiger partial charge in [-0.25, -0.2) is 0 Å². The van der Waals surface area contributed by atoms with E-state index >= 15 is 0 Å². The van der Waals surface area contributed by atoms with Crippen LogP contribution in [0.2, 0.25) is 0 Å². The molecule has 4 unspecified atom stereocenters. The van der Waals surface area contributed by atoms with Crippen LogP contribution >= 0.6 is 11.8 Å². The van der Waals surface area contributed by atoms with Crippen molar-refractivity contribution in [2.24, 2.45) is 11.7 Å². The number of nitrogens with zero attached hydrogens (tertiary/aromatic N) is 1. The van der Waals surface area contributed by atoms with Crippen LogP contribution in [0.3, 0.4) is 0 Å². The summed E-state index contributed by atoms with van der Waals surface area (Å²) in [6.07, 6.45) is 4.16. The summed E-state index contributed by atoms with van der Waals surface area (Å²) < 4.78 is 0. The minimum Gasteiger partial charge on any atom is -0.329 e. The number of rotatable bonds is 2. The molecule has 0 aromatic rings. The van der Waals surface area contributed by atoms with Gasteiger partial charge in [-0.1, -0.05) is 6.92 Å². The van der Waals surface area contributed by atoms with E-state index in [1.54, 1.807) is 0 Å². The largest absolute Gasteiger partial charge is 0.329 e. The molecule has 2 bridgehead atoms. The Bertz CT molecular complexity index is 241. The molecule has 0 aromatic carbocycles. The molecule has 2 N–H and O–H groups in total. The van der Waals surface area contributed by atoms with Crippen molar-refractivity contribution in [1.29, 1.82) is 0 Å². The number of nitrogens with two attached hydrogens (primary N) is 1. The fourth-order valence-electron chi connectivity index (χ4n) is 3.56.